The first-order valence-corrected chi connectivity index (χ1v) is 9.15. The van der Waals surface area contributed by atoms with Gasteiger partial charge in [0.1, 0.15) is 0 Å². The summed E-state index contributed by atoms with van der Waals surface area (Å²) < 4.78 is 27.8. The standard InChI is InChI=1S/C16H19N3O2S.ClH/c20-22(21,19-8-6-12-9-17-10-13(12)11-19)16-5-1-4-15-14(16)3-2-7-18-15;/h1-5,7,12-13,17H,6,8-11H2;1H. The lowest BCUT2D eigenvalue weighted by molar-refractivity contribution is 0.228. The van der Waals surface area contributed by atoms with Crippen LogP contribution in [0.4, 0.5) is 0 Å². The molecule has 2 saturated heterocycles. The lowest BCUT2D eigenvalue weighted by atomic mass is 9.90. The van der Waals surface area contributed by atoms with Crippen molar-refractivity contribution in [3.63, 3.8) is 0 Å². The summed E-state index contributed by atoms with van der Waals surface area (Å²) in [5, 5.41) is 4.08. The van der Waals surface area contributed by atoms with Crippen molar-refractivity contribution in [2.75, 3.05) is 26.2 Å². The molecule has 3 heterocycles. The fourth-order valence-electron chi connectivity index (χ4n) is 3.66. The van der Waals surface area contributed by atoms with Gasteiger partial charge in [0.25, 0.3) is 0 Å². The first kappa shape index (κ1) is 16.6. The zero-order chi connectivity index (χ0) is 15.2. The average molecular weight is 354 g/mol. The molecule has 0 aliphatic carbocycles. The monoisotopic (exact) mass is 353 g/mol. The minimum absolute atomic E-state index is 0. The normalized spacial score (nSPS) is 25.0. The number of pyridine rings is 1. The van der Waals surface area contributed by atoms with Crippen LogP contribution >= 0.6 is 12.4 Å². The van der Waals surface area contributed by atoms with Gasteiger partial charge in [-0.05, 0) is 55.6 Å². The Morgan fingerprint density at radius 2 is 1.96 bits per heavy atom. The molecule has 5 nitrogen and oxygen atoms in total. The van der Waals surface area contributed by atoms with E-state index in [2.05, 4.69) is 10.3 Å². The van der Waals surface area contributed by atoms with Crippen molar-refractivity contribution in [1.29, 1.82) is 0 Å². The summed E-state index contributed by atoms with van der Waals surface area (Å²) in [5.41, 5.74) is 0.723. The van der Waals surface area contributed by atoms with Crippen LogP contribution in [0.5, 0.6) is 0 Å². The summed E-state index contributed by atoms with van der Waals surface area (Å²) in [4.78, 5) is 4.64. The first-order valence-electron chi connectivity index (χ1n) is 7.71. The molecular weight excluding hydrogens is 334 g/mol. The maximum atomic E-state index is 13.1. The van der Waals surface area contributed by atoms with Crippen molar-refractivity contribution < 1.29 is 8.42 Å². The van der Waals surface area contributed by atoms with E-state index in [1.165, 1.54) is 0 Å². The molecule has 2 aromatic rings. The number of sulfonamides is 1. The molecule has 0 spiro atoms. The average Bonchev–Trinajstić information content (AvgIpc) is 3.02. The minimum Gasteiger partial charge on any atom is -0.316 e. The largest absolute Gasteiger partial charge is 0.316 e. The lowest BCUT2D eigenvalue weighted by Crippen LogP contribution is -2.43. The predicted molar refractivity (Wildman–Crippen MR) is 92.2 cm³/mol. The van der Waals surface area contributed by atoms with Crippen LogP contribution < -0.4 is 5.32 Å². The van der Waals surface area contributed by atoms with Crippen molar-refractivity contribution in [3.05, 3.63) is 36.5 Å². The van der Waals surface area contributed by atoms with Gasteiger partial charge in [-0.1, -0.05) is 6.07 Å². The van der Waals surface area contributed by atoms with Crippen LogP contribution in [0.3, 0.4) is 0 Å². The highest BCUT2D eigenvalue weighted by Crippen LogP contribution is 2.31. The highest BCUT2D eigenvalue weighted by atomic mass is 35.5. The highest BCUT2D eigenvalue weighted by molar-refractivity contribution is 7.89. The van der Waals surface area contributed by atoms with Crippen LogP contribution in [-0.2, 0) is 10.0 Å². The van der Waals surface area contributed by atoms with Crippen LogP contribution in [-0.4, -0.2) is 43.9 Å². The summed E-state index contributed by atoms with van der Waals surface area (Å²) in [6.45, 7) is 3.18. The third-order valence-electron chi connectivity index (χ3n) is 4.89. The molecule has 0 saturated carbocycles. The number of nitrogens with zero attached hydrogens (tertiary/aromatic N) is 2. The second-order valence-electron chi connectivity index (χ2n) is 6.16. The van der Waals surface area contributed by atoms with Gasteiger partial charge in [0.2, 0.25) is 10.0 Å². The van der Waals surface area contributed by atoms with E-state index >= 15 is 0 Å². The molecule has 0 radical (unpaired) electrons. The molecule has 4 rings (SSSR count). The van der Waals surface area contributed by atoms with Crippen molar-refractivity contribution in [2.45, 2.75) is 11.3 Å². The maximum absolute atomic E-state index is 13.1. The van der Waals surface area contributed by atoms with Gasteiger partial charge in [0, 0.05) is 24.7 Å². The number of fused-ring (bicyclic) bond motifs is 2. The molecule has 2 atom stereocenters. The number of nitrogens with one attached hydrogen (secondary N) is 1. The topological polar surface area (TPSA) is 62.3 Å². The summed E-state index contributed by atoms with van der Waals surface area (Å²) >= 11 is 0. The van der Waals surface area contributed by atoms with E-state index in [0.717, 1.165) is 25.0 Å². The van der Waals surface area contributed by atoms with Gasteiger partial charge in [-0.2, -0.15) is 4.31 Å². The highest BCUT2D eigenvalue weighted by Gasteiger charge is 2.38. The number of halogens is 1. The predicted octanol–water partition coefficient (Wildman–Crippen LogP) is 1.89. The maximum Gasteiger partial charge on any atom is 0.243 e. The van der Waals surface area contributed by atoms with Crippen molar-refractivity contribution in [1.82, 2.24) is 14.6 Å². The van der Waals surface area contributed by atoms with Crippen molar-refractivity contribution >= 4 is 33.3 Å². The molecule has 2 aliphatic heterocycles. The Morgan fingerprint density at radius 1 is 1.13 bits per heavy atom. The molecule has 1 aromatic heterocycles. The number of piperidine rings is 1. The quantitative estimate of drug-likeness (QED) is 0.895. The van der Waals surface area contributed by atoms with E-state index in [9.17, 15) is 8.42 Å². The zero-order valence-electron chi connectivity index (χ0n) is 12.7. The second-order valence-corrected chi connectivity index (χ2v) is 8.06. The molecule has 0 bridgehead atoms. The van der Waals surface area contributed by atoms with Gasteiger partial charge >= 0.3 is 0 Å². The van der Waals surface area contributed by atoms with Crippen molar-refractivity contribution in [2.24, 2.45) is 11.8 Å². The Kier molecular flexibility index (Phi) is 4.60. The van der Waals surface area contributed by atoms with E-state index in [-0.39, 0.29) is 12.4 Å². The molecule has 23 heavy (non-hydrogen) atoms. The van der Waals surface area contributed by atoms with Gasteiger partial charge in [-0.15, -0.1) is 12.4 Å². The summed E-state index contributed by atoms with van der Waals surface area (Å²) in [5.74, 6) is 1.07. The van der Waals surface area contributed by atoms with E-state index in [4.69, 9.17) is 0 Å². The summed E-state index contributed by atoms with van der Waals surface area (Å²) in [7, 11) is -3.46. The number of hydrogen-bond donors (Lipinski definition) is 1. The van der Waals surface area contributed by atoms with E-state index < -0.39 is 10.0 Å². The fraction of sp³-hybridized carbons (Fsp3) is 0.438. The third kappa shape index (κ3) is 2.85. The van der Waals surface area contributed by atoms with Crippen LogP contribution in [0.15, 0.2) is 41.4 Å². The Balaban J connectivity index is 0.00000156. The minimum atomic E-state index is -3.46. The number of hydrogen-bond acceptors (Lipinski definition) is 4. The van der Waals surface area contributed by atoms with E-state index in [1.807, 2.05) is 12.1 Å². The van der Waals surface area contributed by atoms with Crippen LogP contribution in [0.1, 0.15) is 6.42 Å². The van der Waals surface area contributed by atoms with Crippen LogP contribution in [0.25, 0.3) is 10.9 Å². The number of benzene rings is 1. The molecule has 124 valence electrons. The molecule has 0 amide bonds. The van der Waals surface area contributed by atoms with Gasteiger partial charge in [0.15, 0.2) is 0 Å². The van der Waals surface area contributed by atoms with E-state index in [0.29, 0.717) is 35.2 Å². The van der Waals surface area contributed by atoms with Gasteiger partial charge in [-0.3, -0.25) is 4.98 Å². The van der Waals surface area contributed by atoms with Gasteiger partial charge in [-0.25, -0.2) is 8.42 Å². The Morgan fingerprint density at radius 3 is 2.83 bits per heavy atom. The number of rotatable bonds is 2. The first-order chi connectivity index (χ1) is 10.7. The van der Waals surface area contributed by atoms with Gasteiger partial charge in [0.05, 0.1) is 10.4 Å². The van der Waals surface area contributed by atoms with Crippen LogP contribution in [0.2, 0.25) is 0 Å². The molecule has 1 N–H and O–H groups in total. The molecule has 7 heteroatoms. The molecule has 2 fully saturated rings. The van der Waals surface area contributed by atoms with Crippen LogP contribution in [0, 0.1) is 11.8 Å². The summed E-state index contributed by atoms with van der Waals surface area (Å²) in [6, 6.07) is 8.93. The number of aromatic nitrogens is 1. The lowest BCUT2D eigenvalue weighted by Gasteiger charge is -2.33. The van der Waals surface area contributed by atoms with E-state index in [1.54, 1.807) is 28.7 Å². The smallest absolute Gasteiger partial charge is 0.243 e. The van der Waals surface area contributed by atoms with Crippen molar-refractivity contribution in [3.8, 4) is 0 Å². The molecule has 2 aliphatic rings. The summed E-state index contributed by atoms with van der Waals surface area (Å²) in [6.07, 6.45) is 2.63. The third-order valence-corrected chi connectivity index (χ3v) is 6.81. The Labute approximate surface area is 142 Å². The Bertz CT molecular complexity index is 807. The Hall–Kier alpha value is -1.21. The fourth-order valence-corrected chi connectivity index (χ4v) is 5.37. The zero-order valence-corrected chi connectivity index (χ0v) is 14.3. The molecule has 2 unspecified atom stereocenters. The molecule has 1 aromatic carbocycles. The second kappa shape index (κ2) is 6.36. The van der Waals surface area contributed by atoms with Gasteiger partial charge < -0.3 is 5.32 Å². The SMILES string of the molecule is Cl.O=S(=O)(c1cccc2ncccc12)N1CCC2CNCC2C1. The molecular formula is C16H20ClN3O2S.